The summed E-state index contributed by atoms with van der Waals surface area (Å²) < 4.78 is 23.2. The Morgan fingerprint density at radius 3 is 1.72 bits per heavy atom. The van der Waals surface area contributed by atoms with E-state index in [1.165, 1.54) is 24.3 Å². The van der Waals surface area contributed by atoms with E-state index < -0.39 is 13.5 Å². The van der Waals surface area contributed by atoms with Crippen LogP contribution in [0.4, 0.5) is 0 Å². The van der Waals surface area contributed by atoms with E-state index in [2.05, 4.69) is 0 Å². The van der Waals surface area contributed by atoms with Crippen molar-refractivity contribution in [2.24, 2.45) is 0 Å². The molecule has 0 saturated carbocycles. The third kappa shape index (κ3) is 6.80. The third-order valence-corrected chi connectivity index (χ3v) is 6.19. The molecule has 0 aliphatic heterocycles. The topological polar surface area (TPSA) is 133 Å². The molecule has 0 unspecified atom stereocenters. The molecule has 0 fully saturated rings. The highest BCUT2D eigenvalue weighted by Gasteiger charge is 2.29. The van der Waals surface area contributed by atoms with Gasteiger partial charge in [0.1, 0.15) is 23.0 Å². The van der Waals surface area contributed by atoms with Gasteiger partial charge in [0.25, 0.3) is 0 Å². The average molecular weight is 448 g/mol. The molecule has 2 aromatic rings. The molecular formula is C19H27ClNO7P. The number of benzene rings is 2. The average Bonchev–Trinajstić information content (AvgIpc) is 2.60. The van der Waals surface area contributed by atoms with Gasteiger partial charge in [0, 0.05) is 23.3 Å². The van der Waals surface area contributed by atoms with Crippen LogP contribution in [0.5, 0.6) is 23.0 Å². The van der Waals surface area contributed by atoms with Crippen molar-refractivity contribution in [1.29, 1.82) is 0 Å². The Balaban J connectivity index is 0.00000420. The van der Waals surface area contributed by atoms with Gasteiger partial charge in [0.15, 0.2) is 6.29 Å². The highest BCUT2D eigenvalue weighted by molar-refractivity contribution is 7.53. The van der Waals surface area contributed by atoms with E-state index in [1.807, 2.05) is 0 Å². The van der Waals surface area contributed by atoms with Crippen LogP contribution in [0.2, 0.25) is 0 Å². The first-order chi connectivity index (χ1) is 13.3. The van der Waals surface area contributed by atoms with Crippen LogP contribution < -0.4 is 17.7 Å². The van der Waals surface area contributed by atoms with Gasteiger partial charge in [-0.1, -0.05) is 12.1 Å². The Bertz CT molecular complexity index is 788. The number of nitrogens with two attached hydrogens (primary N) is 1. The van der Waals surface area contributed by atoms with Gasteiger partial charge in [0.05, 0.1) is 25.7 Å². The van der Waals surface area contributed by atoms with Crippen LogP contribution >= 0.6 is 7.60 Å². The van der Waals surface area contributed by atoms with Crippen molar-refractivity contribution in [1.82, 2.24) is 0 Å². The second kappa shape index (κ2) is 11.3. The van der Waals surface area contributed by atoms with Crippen LogP contribution in [-0.2, 0) is 13.6 Å². The molecule has 0 bridgehead atoms. The number of hydrogen-bond acceptors (Lipinski definition) is 7. The number of phenols is 4. The summed E-state index contributed by atoms with van der Waals surface area (Å²) in [6.07, 6.45) is 0.0723. The maximum atomic E-state index is 12.7. The molecule has 0 heterocycles. The van der Waals surface area contributed by atoms with E-state index in [0.717, 1.165) is 0 Å². The van der Waals surface area contributed by atoms with E-state index in [0.29, 0.717) is 17.7 Å². The van der Waals surface area contributed by atoms with Crippen molar-refractivity contribution < 1.29 is 51.8 Å². The van der Waals surface area contributed by atoms with Crippen molar-refractivity contribution in [3.63, 3.8) is 0 Å². The van der Waals surface area contributed by atoms with Crippen LogP contribution in [-0.4, -0.2) is 46.5 Å². The van der Waals surface area contributed by atoms with Crippen molar-refractivity contribution in [2.75, 3.05) is 26.0 Å². The summed E-state index contributed by atoms with van der Waals surface area (Å²) in [5.41, 5.74) is 0.940. The minimum atomic E-state index is -3.26. The summed E-state index contributed by atoms with van der Waals surface area (Å²) in [4.78, 5) is 0. The molecule has 10 heteroatoms. The maximum absolute atomic E-state index is 12.7. The Labute approximate surface area is 176 Å². The van der Waals surface area contributed by atoms with Crippen molar-refractivity contribution in [3.8, 4) is 23.0 Å². The van der Waals surface area contributed by atoms with Crippen LogP contribution in [0.25, 0.3) is 0 Å². The number of rotatable bonds is 10. The number of aromatic hydroxyl groups is 4. The zero-order chi connectivity index (χ0) is 20.7. The number of phenolic OH excluding ortho intramolecular Hbond substituents is 4. The molecule has 0 spiro atoms. The van der Waals surface area contributed by atoms with Crippen LogP contribution in [0.1, 0.15) is 30.9 Å². The third-order valence-electron chi connectivity index (χ3n) is 4.19. The standard InChI is InChI=1S/C19H26NO7P.ClH/c1-3-26-28(25,27-4-2)12-20-11-17(15-7-5-13(21)9-18(15)23)16-8-6-14(22)10-19(16)24;/h5-10,17,20-24H,3-4,11-12H2,1-2H3;1H. The predicted molar refractivity (Wildman–Crippen MR) is 104 cm³/mol. The molecule has 0 aliphatic carbocycles. The minimum Gasteiger partial charge on any atom is -1.00 e. The molecule has 0 amide bonds. The zero-order valence-corrected chi connectivity index (χ0v) is 17.9. The highest BCUT2D eigenvalue weighted by atomic mass is 35.5. The summed E-state index contributed by atoms with van der Waals surface area (Å²) in [6.45, 7) is 4.29. The van der Waals surface area contributed by atoms with Gasteiger partial charge in [-0.25, -0.2) is 0 Å². The highest BCUT2D eigenvalue weighted by Crippen LogP contribution is 2.45. The van der Waals surface area contributed by atoms with Crippen molar-refractivity contribution in [3.05, 3.63) is 47.5 Å². The first-order valence-corrected chi connectivity index (χ1v) is 10.8. The predicted octanol–water partition coefficient (Wildman–Crippen LogP) is -0.568. The molecule has 162 valence electrons. The van der Waals surface area contributed by atoms with Gasteiger partial charge in [-0.3, -0.25) is 4.57 Å². The Morgan fingerprint density at radius 1 is 0.897 bits per heavy atom. The summed E-state index contributed by atoms with van der Waals surface area (Å²) in [7, 11) is -3.26. The molecule has 0 radical (unpaired) electrons. The van der Waals surface area contributed by atoms with Gasteiger partial charge in [-0.2, -0.15) is 0 Å². The lowest BCUT2D eigenvalue weighted by Gasteiger charge is -2.21. The second-order valence-electron chi connectivity index (χ2n) is 6.19. The van der Waals surface area contributed by atoms with Crippen molar-refractivity contribution >= 4 is 7.60 Å². The van der Waals surface area contributed by atoms with E-state index in [-0.39, 0.29) is 54.9 Å². The largest absolute Gasteiger partial charge is 1.00 e. The van der Waals surface area contributed by atoms with Gasteiger partial charge in [0.2, 0.25) is 0 Å². The Morgan fingerprint density at radius 2 is 1.34 bits per heavy atom. The molecule has 2 rings (SSSR count). The van der Waals surface area contributed by atoms with Gasteiger partial charge >= 0.3 is 7.60 Å². The molecule has 29 heavy (non-hydrogen) atoms. The summed E-state index contributed by atoms with van der Waals surface area (Å²) in [6, 6.07) is 8.41. The van der Waals surface area contributed by atoms with Crippen LogP contribution in [0.3, 0.4) is 0 Å². The van der Waals surface area contributed by atoms with Gasteiger partial charge in [-0.05, 0) is 26.0 Å². The maximum Gasteiger partial charge on any atom is 0.384 e. The lowest BCUT2D eigenvalue weighted by atomic mass is 9.89. The molecule has 0 aromatic heterocycles. The fourth-order valence-corrected chi connectivity index (χ4v) is 4.55. The second-order valence-corrected chi connectivity index (χ2v) is 8.30. The van der Waals surface area contributed by atoms with E-state index in [9.17, 15) is 25.0 Å². The molecular weight excluding hydrogens is 421 g/mol. The van der Waals surface area contributed by atoms with E-state index in [4.69, 9.17) is 9.05 Å². The summed E-state index contributed by atoms with van der Waals surface area (Å²) in [5.74, 6) is -0.947. The lowest BCUT2D eigenvalue weighted by molar-refractivity contribution is -0.641. The van der Waals surface area contributed by atoms with E-state index >= 15 is 0 Å². The fraction of sp³-hybridized carbons (Fsp3) is 0.368. The first kappa shape index (κ1) is 25.1. The molecule has 8 nitrogen and oxygen atoms in total. The number of hydrogen-bond donors (Lipinski definition) is 5. The zero-order valence-electron chi connectivity index (χ0n) is 16.3. The molecule has 2 aromatic carbocycles. The summed E-state index contributed by atoms with van der Waals surface area (Å²) in [5, 5.41) is 41.4. The summed E-state index contributed by atoms with van der Waals surface area (Å²) >= 11 is 0. The number of halogens is 1. The quantitative estimate of drug-likeness (QED) is 0.308. The molecule has 0 atom stereocenters. The molecule has 6 N–H and O–H groups in total. The fourth-order valence-electron chi connectivity index (χ4n) is 3.01. The Hall–Kier alpha value is -1.96. The lowest BCUT2D eigenvalue weighted by Crippen LogP contribution is -3.00. The Kier molecular flexibility index (Phi) is 9.76. The molecule has 0 aliphatic rings. The monoisotopic (exact) mass is 447 g/mol. The van der Waals surface area contributed by atoms with Gasteiger partial charge < -0.3 is 47.2 Å². The minimum absolute atomic E-state index is 0. The normalized spacial score (nSPS) is 11.4. The van der Waals surface area contributed by atoms with Crippen LogP contribution in [0.15, 0.2) is 36.4 Å². The first-order valence-electron chi connectivity index (χ1n) is 9.03. The van der Waals surface area contributed by atoms with E-state index in [1.54, 1.807) is 31.3 Å². The smallest absolute Gasteiger partial charge is 0.384 e. The van der Waals surface area contributed by atoms with Gasteiger partial charge in [-0.15, -0.1) is 0 Å². The number of quaternary nitrogens is 1. The van der Waals surface area contributed by atoms with Crippen molar-refractivity contribution in [2.45, 2.75) is 19.8 Å². The van der Waals surface area contributed by atoms with Crippen LogP contribution in [0, 0.1) is 0 Å². The molecule has 0 saturated heterocycles. The SMILES string of the molecule is CCOP(=O)(C[NH2+]CC(c1ccc(O)cc1O)c1ccc(O)cc1O)OCC.[Cl-].